The van der Waals surface area contributed by atoms with Gasteiger partial charge in [0.2, 0.25) is 10.0 Å². The molecule has 154 valence electrons. The quantitative estimate of drug-likeness (QED) is 0.482. The van der Waals surface area contributed by atoms with Crippen LogP contribution < -0.4 is 15.4 Å². The second-order valence-electron chi connectivity index (χ2n) is 7.83. The first-order valence-electron chi connectivity index (χ1n) is 9.09. The predicted octanol–water partition coefficient (Wildman–Crippen LogP) is 3.07. The fraction of sp³-hybridized carbons (Fsp3) is 0.333. The van der Waals surface area contributed by atoms with Gasteiger partial charge in [-0.25, -0.2) is 8.42 Å². The highest BCUT2D eigenvalue weighted by Crippen LogP contribution is 2.22. The number of nitriles is 1. The summed E-state index contributed by atoms with van der Waals surface area (Å²) in [7, 11) is -3.51. The Morgan fingerprint density at radius 2 is 1.83 bits per heavy atom. The van der Waals surface area contributed by atoms with Gasteiger partial charge in [0.1, 0.15) is 6.17 Å². The molecular weight excluding hydrogens is 404 g/mol. The zero-order valence-electron chi connectivity index (χ0n) is 17.0. The summed E-state index contributed by atoms with van der Waals surface area (Å²) in [6.07, 6.45) is 0.282. The summed E-state index contributed by atoms with van der Waals surface area (Å²) >= 11 is 5.34. The van der Waals surface area contributed by atoms with E-state index in [-0.39, 0.29) is 5.41 Å². The maximum Gasteiger partial charge on any atom is 0.210 e. The molecule has 2 aromatic rings. The lowest BCUT2D eigenvalue weighted by atomic mass is 9.87. The van der Waals surface area contributed by atoms with Gasteiger partial charge in [-0.05, 0) is 46.5 Å². The molecule has 0 aliphatic heterocycles. The largest absolute Gasteiger partial charge is 0.359 e. The van der Waals surface area contributed by atoms with Crippen molar-refractivity contribution in [2.75, 3.05) is 6.26 Å². The molecule has 0 radical (unpaired) electrons. The average molecular weight is 431 g/mol. The predicted molar refractivity (Wildman–Crippen MR) is 120 cm³/mol. The molecule has 0 aromatic heterocycles. The maximum absolute atomic E-state index is 11.8. The molecular formula is C21H26N4O2S2. The Balaban J connectivity index is 2.06. The standard InChI is InChI=1S/C21H26N4O2S2/c1-21(2,3)18-10-8-15(9-11-18)14-23-20(28)24-19(25-29(4,26)27)17-7-5-6-16(12-17)13-22/h5-12,19,25H,14H2,1-4H3,(H2,23,24,28). The molecule has 0 heterocycles. The Kier molecular flexibility index (Phi) is 7.36. The van der Waals surface area contributed by atoms with Crippen molar-refractivity contribution in [2.45, 2.75) is 38.9 Å². The smallest absolute Gasteiger partial charge is 0.210 e. The molecule has 1 unspecified atom stereocenters. The van der Waals surface area contributed by atoms with Gasteiger partial charge in [0.05, 0.1) is 17.9 Å². The van der Waals surface area contributed by atoms with Crippen LogP contribution in [0.4, 0.5) is 0 Å². The molecule has 29 heavy (non-hydrogen) atoms. The van der Waals surface area contributed by atoms with Gasteiger partial charge < -0.3 is 10.6 Å². The van der Waals surface area contributed by atoms with Crippen LogP contribution >= 0.6 is 12.2 Å². The van der Waals surface area contributed by atoms with Crippen LogP contribution in [0.1, 0.15) is 49.2 Å². The third-order valence-corrected chi connectivity index (χ3v) is 5.16. The SMILES string of the molecule is CC(C)(C)c1ccc(CNC(=S)NC(NS(C)(=O)=O)c2cccc(C#N)c2)cc1. The molecule has 0 bridgehead atoms. The molecule has 2 rings (SSSR count). The minimum absolute atomic E-state index is 0.0886. The van der Waals surface area contributed by atoms with Gasteiger partial charge in [-0.15, -0.1) is 0 Å². The second kappa shape index (κ2) is 9.35. The Hall–Kier alpha value is -2.47. The first-order chi connectivity index (χ1) is 13.5. The van der Waals surface area contributed by atoms with Crippen LogP contribution in [-0.4, -0.2) is 19.8 Å². The Labute approximate surface area is 178 Å². The fourth-order valence-corrected chi connectivity index (χ4v) is 3.48. The number of thiocarbonyl (C=S) groups is 1. The monoisotopic (exact) mass is 430 g/mol. The molecule has 0 fully saturated rings. The number of rotatable bonds is 6. The maximum atomic E-state index is 11.8. The van der Waals surface area contributed by atoms with E-state index in [1.807, 2.05) is 18.2 Å². The molecule has 0 amide bonds. The van der Waals surface area contributed by atoms with E-state index in [0.717, 1.165) is 11.8 Å². The minimum atomic E-state index is -3.51. The first-order valence-corrected chi connectivity index (χ1v) is 11.4. The lowest BCUT2D eigenvalue weighted by Crippen LogP contribution is -2.44. The molecule has 0 spiro atoms. The topological polar surface area (TPSA) is 94.0 Å². The molecule has 0 aliphatic carbocycles. The number of nitrogens with zero attached hydrogens (tertiary/aromatic N) is 1. The van der Waals surface area contributed by atoms with Crippen molar-refractivity contribution in [3.63, 3.8) is 0 Å². The van der Waals surface area contributed by atoms with E-state index >= 15 is 0 Å². The van der Waals surface area contributed by atoms with Crippen molar-refractivity contribution in [3.05, 3.63) is 70.8 Å². The summed E-state index contributed by atoms with van der Waals surface area (Å²) in [4.78, 5) is 0. The number of sulfonamides is 1. The van der Waals surface area contributed by atoms with Crippen LogP contribution in [0, 0.1) is 11.3 Å². The second-order valence-corrected chi connectivity index (χ2v) is 10.0. The van der Waals surface area contributed by atoms with E-state index in [4.69, 9.17) is 17.5 Å². The van der Waals surface area contributed by atoms with Crippen LogP contribution in [0.2, 0.25) is 0 Å². The third-order valence-electron chi connectivity index (χ3n) is 4.23. The summed E-state index contributed by atoms with van der Waals surface area (Å²) in [5, 5.41) is 15.5. The molecule has 2 aromatic carbocycles. The van der Waals surface area contributed by atoms with Gasteiger partial charge in [-0.1, -0.05) is 57.2 Å². The zero-order valence-corrected chi connectivity index (χ0v) is 18.6. The lowest BCUT2D eigenvalue weighted by Gasteiger charge is -2.22. The van der Waals surface area contributed by atoms with Crippen LogP contribution in [-0.2, 0) is 22.0 Å². The molecule has 0 aliphatic rings. The molecule has 6 nitrogen and oxygen atoms in total. The van der Waals surface area contributed by atoms with Crippen molar-refractivity contribution in [3.8, 4) is 6.07 Å². The zero-order chi connectivity index (χ0) is 21.7. The van der Waals surface area contributed by atoms with Crippen LogP contribution in [0.5, 0.6) is 0 Å². The van der Waals surface area contributed by atoms with Gasteiger partial charge in [0, 0.05) is 6.54 Å². The van der Waals surface area contributed by atoms with Crippen molar-refractivity contribution in [1.82, 2.24) is 15.4 Å². The van der Waals surface area contributed by atoms with Gasteiger partial charge >= 0.3 is 0 Å². The number of hydrogen-bond donors (Lipinski definition) is 3. The van der Waals surface area contributed by atoms with Crippen molar-refractivity contribution in [2.24, 2.45) is 0 Å². The Bertz CT molecular complexity index is 1000. The summed E-state index contributed by atoms with van der Waals surface area (Å²) in [6.45, 7) is 6.99. The highest BCUT2D eigenvalue weighted by Gasteiger charge is 2.18. The normalized spacial score (nSPS) is 12.7. The van der Waals surface area contributed by atoms with Gasteiger partial charge in [-0.2, -0.15) is 9.98 Å². The molecule has 0 saturated carbocycles. The average Bonchev–Trinajstić information content (AvgIpc) is 2.64. The molecule has 0 saturated heterocycles. The van der Waals surface area contributed by atoms with Crippen LogP contribution in [0.3, 0.4) is 0 Å². The van der Waals surface area contributed by atoms with Crippen molar-refractivity contribution in [1.29, 1.82) is 5.26 Å². The number of hydrogen-bond acceptors (Lipinski definition) is 4. The minimum Gasteiger partial charge on any atom is -0.359 e. The van der Waals surface area contributed by atoms with Gasteiger partial charge in [0.15, 0.2) is 5.11 Å². The Morgan fingerprint density at radius 1 is 1.17 bits per heavy atom. The molecule has 3 N–H and O–H groups in total. The van der Waals surface area contributed by atoms with E-state index in [1.165, 1.54) is 5.56 Å². The van der Waals surface area contributed by atoms with E-state index in [2.05, 4.69) is 48.3 Å². The highest BCUT2D eigenvalue weighted by atomic mass is 32.2. The van der Waals surface area contributed by atoms with Crippen molar-refractivity contribution >= 4 is 27.4 Å². The summed E-state index contributed by atoms with van der Waals surface area (Å²) in [5.74, 6) is 0. The van der Waals surface area contributed by atoms with E-state index < -0.39 is 16.2 Å². The van der Waals surface area contributed by atoms with E-state index in [9.17, 15) is 8.42 Å². The summed E-state index contributed by atoms with van der Waals surface area (Å²) in [6, 6.07) is 17.0. The lowest BCUT2D eigenvalue weighted by molar-refractivity contribution is 0.547. The van der Waals surface area contributed by atoms with Gasteiger partial charge in [-0.3, -0.25) is 0 Å². The van der Waals surface area contributed by atoms with E-state index in [0.29, 0.717) is 22.8 Å². The molecule has 1 atom stereocenters. The van der Waals surface area contributed by atoms with E-state index in [1.54, 1.807) is 24.3 Å². The Morgan fingerprint density at radius 3 is 2.38 bits per heavy atom. The summed E-state index contributed by atoms with van der Waals surface area (Å²) in [5.41, 5.74) is 3.42. The first kappa shape index (κ1) is 22.8. The van der Waals surface area contributed by atoms with Crippen LogP contribution in [0.15, 0.2) is 48.5 Å². The van der Waals surface area contributed by atoms with Crippen molar-refractivity contribution < 1.29 is 8.42 Å². The number of benzene rings is 2. The molecule has 8 heteroatoms. The summed E-state index contributed by atoms with van der Waals surface area (Å²) < 4.78 is 26.0. The third kappa shape index (κ3) is 7.46. The fourth-order valence-electron chi connectivity index (χ4n) is 2.67. The van der Waals surface area contributed by atoms with Gasteiger partial charge in [0.25, 0.3) is 0 Å². The number of nitrogens with one attached hydrogen (secondary N) is 3. The highest BCUT2D eigenvalue weighted by molar-refractivity contribution is 7.88. The van der Waals surface area contributed by atoms with Crippen LogP contribution in [0.25, 0.3) is 0 Å².